The molecule has 0 radical (unpaired) electrons. The minimum absolute atomic E-state index is 0.0453. The summed E-state index contributed by atoms with van der Waals surface area (Å²) >= 11 is 5.34. The summed E-state index contributed by atoms with van der Waals surface area (Å²) in [6.07, 6.45) is 6.80. The summed E-state index contributed by atoms with van der Waals surface area (Å²) in [5.41, 5.74) is 0.733. The largest absolute Gasteiger partial charge is 0.349 e. The fourth-order valence-corrected chi connectivity index (χ4v) is 3.48. The normalized spacial score (nSPS) is 23.7. The van der Waals surface area contributed by atoms with Gasteiger partial charge < -0.3 is 5.32 Å². The molecule has 1 aromatic rings. The Kier molecular flexibility index (Phi) is 5.13. The van der Waals surface area contributed by atoms with Gasteiger partial charge in [0.05, 0.1) is 0 Å². The average molecular weight is 328 g/mol. The first-order valence-corrected chi connectivity index (χ1v) is 8.36. The minimum Gasteiger partial charge on any atom is -0.349 e. The van der Waals surface area contributed by atoms with Crippen molar-refractivity contribution in [2.75, 3.05) is 6.26 Å². The van der Waals surface area contributed by atoms with Crippen LogP contribution >= 0.6 is 27.7 Å². The van der Waals surface area contributed by atoms with Crippen LogP contribution in [0.15, 0.2) is 28.7 Å². The molecular weight excluding hydrogens is 310 g/mol. The number of thioether (sulfide) groups is 1. The molecule has 0 saturated heterocycles. The summed E-state index contributed by atoms with van der Waals surface area (Å²) in [7, 11) is 0. The lowest BCUT2D eigenvalue weighted by Crippen LogP contribution is -2.38. The third-order valence-corrected chi connectivity index (χ3v) is 5.06. The van der Waals surface area contributed by atoms with Crippen molar-refractivity contribution >= 4 is 33.6 Å². The van der Waals surface area contributed by atoms with Gasteiger partial charge in [-0.3, -0.25) is 4.79 Å². The second kappa shape index (κ2) is 6.62. The number of hydrogen-bond acceptors (Lipinski definition) is 2. The van der Waals surface area contributed by atoms with Gasteiger partial charge in [0.1, 0.15) is 0 Å². The Labute approximate surface area is 121 Å². The molecule has 0 spiro atoms. The third kappa shape index (κ3) is 3.75. The first-order chi connectivity index (χ1) is 8.69. The van der Waals surface area contributed by atoms with Crippen LogP contribution in [0.3, 0.4) is 0 Å². The Morgan fingerprint density at radius 2 is 2.06 bits per heavy atom. The Morgan fingerprint density at radius 1 is 1.33 bits per heavy atom. The van der Waals surface area contributed by atoms with Crippen molar-refractivity contribution in [3.63, 3.8) is 0 Å². The van der Waals surface area contributed by atoms with Crippen LogP contribution in [0.1, 0.15) is 36.0 Å². The lowest BCUT2D eigenvalue weighted by atomic mass is 9.94. The maximum Gasteiger partial charge on any atom is 0.251 e. The number of benzene rings is 1. The topological polar surface area (TPSA) is 29.1 Å². The molecule has 0 heterocycles. The van der Waals surface area contributed by atoms with Crippen molar-refractivity contribution in [3.8, 4) is 0 Å². The molecule has 1 aliphatic rings. The number of amides is 1. The van der Waals surface area contributed by atoms with Crippen molar-refractivity contribution in [1.82, 2.24) is 5.32 Å². The van der Waals surface area contributed by atoms with E-state index in [2.05, 4.69) is 27.5 Å². The van der Waals surface area contributed by atoms with E-state index in [1.54, 1.807) is 0 Å². The summed E-state index contributed by atoms with van der Waals surface area (Å²) in [6, 6.07) is 7.89. The molecule has 1 amide bonds. The van der Waals surface area contributed by atoms with E-state index in [0.717, 1.165) is 28.1 Å². The molecule has 0 aromatic heterocycles. The number of hydrogen-bond donors (Lipinski definition) is 1. The van der Waals surface area contributed by atoms with E-state index in [-0.39, 0.29) is 5.91 Å². The van der Waals surface area contributed by atoms with E-state index < -0.39 is 0 Å². The molecule has 2 nitrogen and oxygen atoms in total. The molecule has 0 unspecified atom stereocenters. The van der Waals surface area contributed by atoms with Crippen molar-refractivity contribution in [3.05, 3.63) is 34.3 Å². The zero-order chi connectivity index (χ0) is 13.0. The first kappa shape index (κ1) is 13.9. The molecule has 1 fully saturated rings. The van der Waals surface area contributed by atoms with E-state index in [4.69, 9.17) is 0 Å². The van der Waals surface area contributed by atoms with Gasteiger partial charge in [0.25, 0.3) is 5.91 Å². The highest BCUT2D eigenvalue weighted by Crippen LogP contribution is 2.27. The predicted octanol–water partition coefficient (Wildman–Crippen LogP) is 3.85. The fraction of sp³-hybridized carbons (Fsp3) is 0.500. The van der Waals surface area contributed by atoms with Gasteiger partial charge in [-0.2, -0.15) is 11.8 Å². The molecule has 2 rings (SSSR count). The van der Waals surface area contributed by atoms with Gasteiger partial charge >= 0.3 is 0 Å². The zero-order valence-electron chi connectivity index (χ0n) is 10.5. The molecule has 1 aliphatic carbocycles. The van der Waals surface area contributed by atoms with E-state index in [1.807, 2.05) is 36.0 Å². The lowest BCUT2D eigenvalue weighted by molar-refractivity contribution is 0.0928. The van der Waals surface area contributed by atoms with Crippen molar-refractivity contribution in [1.29, 1.82) is 0 Å². The van der Waals surface area contributed by atoms with E-state index >= 15 is 0 Å². The number of halogens is 1. The first-order valence-electron chi connectivity index (χ1n) is 6.28. The average Bonchev–Trinajstić information content (AvgIpc) is 2.39. The SMILES string of the molecule is CSC1CCC(NC(=O)c2cccc(Br)c2)CC1. The molecule has 0 bridgehead atoms. The van der Waals surface area contributed by atoms with Crippen molar-refractivity contribution in [2.24, 2.45) is 0 Å². The minimum atomic E-state index is 0.0453. The van der Waals surface area contributed by atoms with Gasteiger partial charge in [0, 0.05) is 21.3 Å². The van der Waals surface area contributed by atoms with Crippen LogP contribution in [-0.4, -0.2) is 23.5 Å². The molecule has 0 atom stereocenters. The van der Waals surface area contributed by atoms with Crippen LogP contribution < -0.4 is 5.32 Å². The van der Waals surface area contributed by atoms with Crippen LogP contribution in [0, 0.1) is 0 Å². The molecule has 4 heteroatoms. The van der Waals surface area contributed by atoms with Gasteiger partial charge in [0.15, 0.2) is 0 Å². The quantitative estimate of drug-likeness (QED) is 0.913. The highest BCUT2D eigenvalue weighted by molar-refractivity contribution is 9.10. The van der Waals surface area contributed by atoms with Crippen LogP contribution in [0.4, 0.5) is 0 Å². The highest BCUT2D eigenvalue weighted by atomic mass is 79.9. The molecule has 0 aliphatic heterocycles. The van der Waals surface area contributed by atoms with E-state index in [1.165, 1.54) is 12.8 Å². The molecular formula is C14H18BrNOS. The molecule has 1 aromatic carbocycles. The second-order valence-corrected chi connectivity index (χ2v) is 6.75. The van der Waals surface area contributed by atoms with E-state index in [9.17, 15) is 4.79 Å². The lowest BCUT2D eigenvalue weighted by Gasteiger charge is -2.28. The summed E-state index contributed by atoms with van der Waals surface area (Å²) < 4.78 is 0.946. The van der Waals surface area contributed by atoms with Gasteiger partial charge in [-0.05, 0) is 50.1 Å². The monoisotopic (exact) mass is 327 g/mol. The molecule has 1 saturated carbocycles. The number of carbonyl (C=O) groups excluding carboxylic acids is 1. The Hall–Kier alpha value is -0.480. The maximum atomic E-state index is 12.1. The Morgan fingerprint density at radius 3 is 2.67 bits per heavy atom. The standard InChI is InChI=1S/C14H18BrNOS/c1-18-13-7-5-12(6-8-13)16-14(17)10-3-2-4-11(15)9-10/h2-4,9,12-13H,5-8H2,1H3,(H,16,17). The van der Waals surface area contributed by atoms with Gasteiger partial charge in [-0.15, -0.1) is 0 Å². The molecule has 98 valence electrons. The van der Waals surface area contributed by atoms with Crippen LogP contribution in [0.25, 0.3) is 0 Å². The van der Waals surface area contributed by atoms with E-state index in [0.29, 0.717) is 6.04 Å². The Bertz CT molecular complexity index is 416. The molecule has 1 N–H and O–H groups in total. The van der Waals surface area contributed by atoms with Gasteiger partial charge in [-0.25, -0.2) is 0 Å². The van der Waals surface area contributed by atoms with Crippen LogP contribution in [0.5, 0.6) is 0 Å². The maximum absolute atomic E-state index is 12.1. The third-order valence-electron chi connectivity index (χ3n) is 3.43. The summed E-state index contributed by atoms with van der Waals surface area (Å²) in [5.74, 6) is 0.0453. The summed E-state index contributed by atoms with van der Waals surface area (Å²) in [6.45, 7) is 0. The summed E-state index contributed by atoms with van der Waals surface area (Å²) in [4.78, 5) is 12.1. The van der Waals surface area contributed by atoms with Gasteiger partial charge in [-0.1, -0.05) is 22.0 Å². The smallest absolute Gasteiger partial charge is 0.251 e. The van der Waals surface area contributed by atoms with Crippen LogP contribution in [-0.2, 0) is 0 Å². The highest BCUT2D eigenvalue weighted by Gasteiger charge is 2.22. The second-order valence-electron chi connectivity index (χ2n) is 4.69. The fourth-order valence-electron chi connectivity index (χ4n) is 2.34. The summed E-state index contributed by atoms with van der Waals surface area (Å²) in [5, 5.41) is 3.92. The van der Waals surface area contributed by atoms with Crippen molar-refractivity contribution in [2.45, 2.75) is 37.0 Å². The van der Waals surface area contributed by atoms with Crippen molar-refractivity contribution < 1.29 is 4.79 Å². The Balaban J connectivity index is 1.89. The zero-order valence-corrected chi connectivity index (χ0v) is 12.9. The number of rotatable bonds is 3. The number of nitrogens with one attached hydrogen (secondary N) is 1. The van der Waals surface area contributed by atoms with Crippen LogP contribution in [0.2, 0.25) is 0 Å². The molecule has 18 heavy (non-hydrogen) atoms. The van der Waals surface area contributed by atoms with Gasteiger partial charge in [0.2, 0.25) is 0 Å². The number of carbonyl (C=O) groups is 1. The predicted molar refractivity (Wildman–Crippen MR) is 81.2 cm³/mol.